The van der Waals surface area contributed by atoms with Crippen molar-refractivity contribution in [3.05, 3.63) is 60.6 Å². The third-order valence-corrected chi connectivity index (χ3v) is 3.79. The van der Waals surface area contributed by atoms with Crippen LogP contribution in [0.15, 0.2) is 53.8 Å². The summed E-state index contributed by atoms with van der Waals surface area (Å²) in [5.41, 5.74) is 2.31. The summed E-state index contributed by atoms with van der Waals surface area (Å²) >= 11 is 0. The van der Waals surface area contributed by atoms with Gasteiger partial charge in [-0.15, -0.1) is 0 Å². The lowest BCUT2D eigenvalue weighted by Crippen LogP contribution is -2.30. The molecule has 1 aromatic carbocycles. The molecule has 3 aromatic rings. The lowest BCUT2D eigenvalue weighted by molar-refractivity contribution is 0.0942. The van der Waals surface area contributed by atoms with Gasteiger partial charge < -0.3 is 14.3 Å². The molecule has 2 heterocycles. The van der Waals surface area contributed by atoms with Crippen LogP contribution in [-0.2, 0) is 6.54 Å². The van der Waals surface area contributed by atoms with Crippen LogP contribution in [0, 0.1) is 12.8 Å². The number of oxazole rings is 1. The quantitative estimate of drug-likeness (QED) is 0.756. The van der Waals surface area contributed by atoms with Gasteiger partial charge in [-0.3, -0.25) is 4.79 Å². The number of carbonyl (C=O) groups excluding carboxylic acids is 1. The Morgan fingerprint density at radius 1 is 1.33 bits per heavy atom. The SMILES string of the molecule is Cc1ccc(-c2ocnc2C(=O)NCC(C)Cn2ccnc2)cc1. The van der Waals surface area contributed by atoms with Gasteiger partial charge in [-0.25, -0.2) is 9.97 Å². The molecule has 1 unspecified atom stereocenters. The molecule has 0 radical (unpaired) electrons. The van der Waals surface area contributed by atoms with Gasteiger partial charge >= 0.3 is 0 Å². The molecule has 0 aliphatic carbocycles. The van der Waals surface area contributed by atoms with Crippen LogP contribution < -0.4 is 5.32 Å². The average molecular weight is 324 g/mol. The molecular weight excluding hydrogens is 304 g/mol. The fourth-order valence-electron chi connectivity index (χ4n) is 2.49. The molecule has 0 saturated carbocycles. The van der Waals surface area contributed by atoms with Gasteiger partial charge in [-0.05, 0) is 12.8 Å². The van der Waals surface area contributed by atoms with Gasteiger partial charge in [0, 0.05) is 31.0 Å². The largest absolute Gasteiger partial charge is 0.443 e. The summed E-state index contributed by atoms with van der Waals surface area (Å²) in [5.74, 6) is 0.546. The zero-order valence-electron chi connectivity index (χ0n) is 13.8. The van der Waals surface area contributed by atoms with E-state index in [0.717, 1.165) is 17.7 Å². The molecule has 3 rings (SSSR count). The fraction of sp³-hybridized carbons (Fsp3) is 0.278. The second-order valence-corrected chi connectivity index (χ2v) is 5.97. The number of hydrogen-bond donors (Lipinski definition) is 1. The Morgan fingerprint density at radius 3 is 2.83 bits per heavy atom. The Kier molecular flexibility index (Phi) is 4.74. The maximum atomic E-state index is 12.4. The van der Waals surface area contributed by atoms with Crippen LogP contribution in [0.5, 0.6) is 0 Å². The summed E-state index contributed by atoms with van der Waals surface area (Å²) in [6, 6.07) is 7.81. The third-order valence-electron chi connectivity index (χ3n) is 3.79. The Labute approximate surface area is 140 Å². The van der Waals surface area contributed by atoms with Crippen LogP contribution in [0.2, 0.25) is 0 Å². The molecule has 1 amide bonds. The van der Waals surface area contributed by atoms with Crippen molar-refractivity contribution in [3.63, 3.8) is 0 Å². The van der Waals surface area contributed by atoms with Crippen LogP contribution in [0.1, 0.15) is 23.0 Å². The van der Waals surface area contributed by atoms with Crippen molar-refractivity contribution in [2.24, 2.45) is 5.92 Å². The van der Waals surface area contributed by atoms with E-state index in [-0.39, 0.29) is 11.8 Å². The summed E-state index contributed by atoms with van der Waals surface area (Å²) in [6.07, 6.45) is 6.73. The lowest BCUT2D eigenvalue weighted by atomic mass is 10.1. The number of benzene rings is 1. The van der Waals surface area contributed by atoms with E-state index in [0.29, 0.717) is 18.0 Å². The zero-order chi connectivity index (χ0) is 16.9. The topological polar surface area (TPSA) is 73.0 Å². The van der Waals surface area contributed by atoms with Gasteiger partial charge in [0.05, 0.1) is 6.33 Å². The fourth-order valence-corrected chi connectivity index (χ4v) is 2.49. The number of imidazole rings is 1. The minimum Gasteiger partial charge on any atom is -0.443 e. The lowest BCUT2D eigenvalue weighted by Gasteiger charge is -2.12. The first kappa shape index (κ1) is 16.0. The molecule has 1 atom stereocenters. The second kappa shape index (κ2) is 7.12. The van der Waals surface area contributed by atoms with E-state index in [9.17, 15) is 4.79 Å². The molecular formula is C18H20N4O2. The molecule has 1 N–H and O–H groups in total. The Bertz CT molecular complexity index is 791. The van der Waals surface area contributed by atoms with Gasteiger partial charge in [0.2, 0.25) is 0 Å². The van der Waals surface area contributed by atoms with E-state index in [4.69, 9.17) is 4.42 Å². The number of hydrogen-bond acceptors (Lipinski definition) is 4. The van der Waals surface area contributed by atoms with Crippen molar-refractivity contribution < 1.29 is 9.21 Å². The highest BCUT2D eigenvalue weighted by atomic mass is 16.3. The number of amides is 1. The van der Waals surface area contributed by atoms with Crippen LogP contribution in [0.3, 0.4) is 0 Å². The van der Waals surface area contributed by atoms with Crippen LogP contribution in [0.4, 0.5) is 0 Å². The maximum absolute atomic E-state index is 12.4. The molecule has 0 fully saturated rings. The van der Waals surface area contributed by atoms with Crippen molar-refractivity contribution in [3.8, 4) is 11.3 Å². The molecule has 0 aliphatic rings. The van der Waals surface area contributed by atoms with Crippen molar-refractivity contribution in [2.45, 2.75) is 20.4 Å². The predicted octanol–water partition coefficient (Wildman–Crippen LogP) is 2.91. The number of aromatic nitrogens is 3. The maximum Gasteiger partial charge on any atom is 0.273 e. The molecule has 124 valence electrons. The number of nitrogens with one attached hydrogen (secondary N) is 1. The molecule has 0 saturated heterocycles. The monoisotopic (exact) mass is 324 g/mol. The third kappa shape index (κ3) is 3.71. The summed E-state index contributed by atoms with van der Waals surface area (Å²) < 4.78 is 7.41. The van der Waals surface area contributed by atoms with E-state index in [1.54, 1.807) is 12.5 Å². The number of rotatable bonds is 6. The highest BCUT2D eigenvalue weighted by molar-refractivity contribution is 5.97. The zero-order valence-corrected chi connectivity index (χ0v) is 13.8. The first-order valence-corrected chi connectivity index (χ1v) is 7.88. The van der Waals surface area contributed by atoms with E-state index in [2.05, 4.69) is 22.2 Å². The molecule has 2 aromatic heterocycles. The van der Waals surface area contributed by atoms with Gasteiger partial charge in [-0.1, -0.05) is 36.8 Å². The molecule has 6 nitrogen and oxygen atoms in total. The Hall–Kier alpha value is -2.89. The van der Waals surface area contributed by atoms with Crippen LogP contribution >= 0.6 is 0 Å². The van der Waals surface area contributed by atoms with E-state index in [1.807, 2.05) is 42.0 Å². The second-order valence-electron chi connectivity index (χ2n) is 5.97. The first-order chi connectivity index (χ1) is 11.6. The molecule has 0 bridgehead atoms. The standard InChI is InChI=1S/C18H20N4O2/c1-13-3-5-15(6-4-13)17-16(21-12-24-17)18(23)20-9-14(2)10-22-8-7-19-11-22/h3-8,11-12,14H,9-10H2,1-2H3,(H,20,23). The summed E-state index contributed by atoms with van der Waals surface area (Å²) in [6.45, 7) is 5.44. The van der Waals surface area contributed by atoms with Crippen molar-refractivity contribution in [2.75, 3.05) is 6.54 Å². The summed E-state index contributed by atoms with van der Waals surface area (Å²) in [4.78, 5) is 20.5. The first-order valence-electron chi connectivity index (χ1n) is 7.88. The van der Waals surface area contributed by atoms with E-state index < -0.39 is 0 Å². The molecule has 24 heavy (non-hydrogen) atoms. The normalized spacial score (nSPS) is 12.1. The number of aryl methyl sites for hydroxylation is 1. The minimum atomic E-state index is -0.225. The molecule has 0 spiro atoms. The number of nitrogens with zero attached hydrogens (tertiary/aromatic N) is 3. The Balaban J connectivity index is 1.63. The molecule has 0 aliphatic heterocycles. The van der Waals surface area contributed by atoms with Crippen LogP contribution in [0.25, 0.3) is 11.3 Å². The highest BCUT2D eigenvalue weighted by Gasteiger charge is 2.18. The minimum absolute atomic E-state index is 0.225. The average Bonchev–Trinajstić information content (AvgIpc) is 3.25. The van der Waals surface area contributed by atoms with Crippen molar-refractivity contribution in [1.29, 1.82) is 0 Å². The van der Waals surface area contributed by atoms with E-state index in [1.165, 1.54) is 6.39 Å². The summed E-state index contributed by atoms with van der Waals surface area (Å²) in [7, 11) is 0. The van der Waals surface area contributed by atoms with Gasteiger partial charge in [0.1, 0.15) is 0 Å². The van der Waals surface area contributed by atoms with Gasteiger partial charge in [0.15, 0.2) is 17.8 Å². The number of carbonyl (C=O) groups is 1. The van der Waals surface area contributed by atoms with Crippen molar-refractivity contribution >= 4 is 5.91 Å². The van der Waals surface area contributed by atoms with Crippen LogP contribution in [-0.4, -0.2) is 27.0 Å². The van der Waals surface area contributed by atoms with Gasteiger partial charge in [0.25, 0.3) is 5.91 Å². The van der Waals surface area contributed by atoms with Crippen molar-refractivity contribution in [1.82, 2.24) is 19.9 Å². The van der Waals surface area contributed by atoms with E-state index >= 15 is 0 Å². The predicted molar refractivity (Wildman–Crippen MR) is 90.4 cm³/mol. The molecule has 6 heteroatoms. The highest BCUT2D eigenvalue weighted by Crippen LogP contribution is 2.23. The smallest absolute Gasteiger partial charge is 0.273 e. The summed E-state index contributed by atoms with van der Waals surface area (Å²) in [5, 5.41) is 2.92. The van der Waals surface area contributed by atoms with Gasteiger partial charge in [-0.2, -0.15) is 0 Å². The Morgan fingerprint density at radius 2 is 2.12 bits per heavy atom.